The first-order valence-electron chi connectivity index (χ1n) is 10.2. The van der Waals surface area contributed by atoms with Gasteiger partial charge in [-0.2, -0.15) is 0 Å². The maximum atomic E-state index is 14.7. The van der Waals surface area contributed by atoms with Crippen molar-refractivity contribution in [3.05, 3.63) is 63.3 Å². The largest absolute Gasteiger partial charge is 0.369 e. The third-order valence-electron chi connectivity index (χ3n) is 5.35. The van der Waals surface area contributed by atoms with E-state index in [9.17, 15) is 18.8 Å². The molecule has 9 heteroatoms. The first-order valence-corrected chi connectivity index (χ1v) is 11.4. The van der Waals surface area contributed by atoms with Crippen molar-refractivity contribution >= 4 is 57.9 Å². The number of carbonyl (C=O) groups is 3. The molecule has 2 saturated heterocycles. The first kappa shape index (κ1) is 22.4. The van der Waals surface area contributed by atoms with Gasteiger partial charge in [0.15, 0.2) is 0 Å². The van der Waals surface area contributed by atoms with Crippen molar-refractivity contribution in [2.45, 2.75) is 19.8 Å². The molecule has 1 N–H and O–H groups in total. The number of benzene rings is 2. The fourth-order valence-electron chi connectivity index (χ4n) is 3.73. The summed E-state index contributed by atoms with van der Waals surface area (Å²) in [4.78, 5) is 40.5. The predicted octanol–water partition coefficient (Wildman–Crippen LogP) is 5.06. The predicted molar refractivity (Wildman–Crippen MR) is 125 cm³/mol. The summed E-state index contributed by atoms with van der Waals surface area (Å²) in [5, 5.41) is 2.52. The zero-order valence-corrected chi connectivity index (χ0v) is 18.9. The zero-order valence-electron chi connectivity index (χ0n) is 17.4. The van der Waals surface area contributed by atoms with Gasteiger partial charge in [0, 0.05) is 23.8 Å². The molecule has 0 atom stereocenters. The molecule has 2 aliphatic heterocycles. The number of imide groups is 1. The van der Waals surface area contributed by atoms with Gasteiger partial charge in [-0.05, 0) is 79.1 Å². The lowest BCUT2D eigenvalue weighted by Gasteiger charge is -2.19. The molecule has 2 heterocycles. The van der Waals surface area contributed by atoms with E-state index in [1.807, 2.05) is 11.8 Å². The summed E-state index contributed by atoms with van der Waals surface area (Å²) in [5.74, 6) is -1.46. The molecule has 166 valence electrons. The Kier molecular flexibility index (Phi) is 6.53. The molecular formula is C23H21ClFN3O3S. The number of thioether (sulfide) groups is 1. The Bertz CT molecular complexity index is 1130. The number of anilines is 2. The zero-order chi connectivity index (χ0) is 22.8. The second-order valence-corrected chi connectivity index (χ2v) is 9.11. The summed E-state index contributed by atoms with van der Waals surface area (Å²) in [6, 6.07) is 9.73. The van der Waals surface area contributed by atoms with E-state index in [-0.39, 0.29) is 10.7 Å². The summed E-state index contributed by atoms with van der Waals surface area (Å²) < 4.78 is 14.7. The van der Waals surface area contributed by atoms with Gasteiger partial charge in [0.1, 0.15) is 12.4 Å². The summed E-state index contributed by atoms with van der Waals surface area (Å²) in [6.07, 6.45) is 3.59. The number of carbonyl (C=O) groups excluding carboxylic acids is 3. The first-order chi connectivity index (χ1) is 15.3. The average molecular weight is 474 g/mol. The smallest absolute Gasteiger partial charge is 0.294 e. The van der Waals surface area contributed by atoms with Crippen LogP contribution in [0.1, 0.15) is 24.0 Å². The van der Waals surface area contributed by atoms with Crippen molar-refractivity contribution in [3.63, 3.8) is 0 Å². The monoisotopic (exact) mass is 473 g/mol. The van der Waals surface area contributed by atoms with Crippen LogP contribution in [-0.4, -0.2) is 41.6 Å². The van der Waals surface area contributed by atoms with Crippen LogP contribution in [0.4, 0.5) is 20.6 Å². The average Bonchev–Trinajstić information content (AvgIpc) is 3.35. The van der Waals surface area contributed by atoms with Gasteiger partial charge in [0.25, 0.3) is 11.1 Å². The fraction of sp³-hybridized carbons (Fsp3) is 0.261. The van der Waals surface area contributed by atoms with E-state index in [0.29, 0.717) is 22.0 Å². The highest BCUT2D eigenvalue weighted by molar-refractivity contribution is 8.18. The Morgan fingerprint density at radius 2 is 1.97 bits per heavy atom. The van der Waals surface area contributed by atoms with E-state index >= 15 is 0 Å². The highest BCUT2D eigenvalue weighted by Crippen LogP contribution is 2.34. The van der Waals surface area contributed by atoms with Crippen molar-refractivity contribution < 1.29 is 18.8 Å². The molecule has 0 saturated carbocycles. The van der Waals surface area contributed by atoms with Gasteiger partial charge >= 0.3 is 0 Å². The van der Waals surface area contributed by atoms with Crippen molar-refractivity contribution in [1.82, 2.24) is 4.90 Å². The standard InChI is InChI=1S/C23H21ClFN3O3S/c1-14-9-19(27-7-2-3-8-27)18(25)10-15(14)11-20-22(30)28(23(31)32-20)13-21(29)26-17-6-4-5-16(24)12-17/h4-6,9-12H,2-3,7-8,13H2,1H3,(H,26,29)/b20-11-. The molecule has 2 fully saturated rings. The van der Waals surface area contributed by atoms with E-state index in [2.05, 4.69) is 5.32 Å². The van der Waals surface area contributed by atoms with Crippen LogP contribution in [0.25, 0.3) is 6.08 Å². The molecule has 0 unspecified atom stereocenters. The number of nitrogens with one attached hydrogen (secondary N) is 1. The molecule has 32 heavy (non-hydrogen) atoms. The molecule has 3 amide bonds. The lowest BCUT2D eigenvalue weighted by molar-refractivity contribution is -0.127. The summed E-state index contributed by atoms with van der Waals surface area (Å²) in [6.45, 7) is 3.07. The fourth-order valence-corrected chi connectivity index (χ4v) is 4.74. The summed E-state index contributed by atoms with van der Waals surface area (Å²) in [5.41, 5.74) is 2.36. The molecule has 0 radical (unpaired) electrons. The normalized spacial score (nSPS) is 17.5. The van der Waals surface area contributed by atoms with Gasteiger partial charge in [-0.3, -0.25) is 19.3 Å². The highest BCUT2D eigenvalue weighted by atomic mass is 35.5. The van der Waals surface area contributed by atoms with Gasteiger partial charge in [-0.1, -0.05) is 17.7 Å². The maximum absolute atomic E-state index is 14.7. The topological polar surface area (TPSA) is 69.7 Å². The number of halogens is 2. The quantitative estimate of drug-likeness (QED) is 0.614. The van der Waals surface area contributed by atoms with Gasteiger partial charge in [0.2, 0.25) is 5.91 Å². The SMILES string of the molecule is Cc1cc(N2CCCC2)c(F)cc1/C=C1\SC(=O)N(CC(=O)Nc2cccc(Cl)c2)C1=O. The molecule has 0 spiro atoms. The van der Waals surface area contributed by atoms with Crippen LogP contribution in [0.3, 0.4) is 0 Å². The van der Waals surface area contributed by atoms with Gasteiger partial charge in [0.05, 0.1) is 10.6 Å². The molecule has 0 aromatic heterocycles. The highest BCUT2D eigenvalue weighted by Gasteiger charge is 2.36. The van der Waals surface area contributed by atoms with Crippen LogP contribution < -0.4 is 10.2 Å². The van der Waals surface area contributed by atoms with Gasteiger partial charge in [-0.25, -0.2) is 4.39 Å². The Hall–Kier alpha value is -2.84. The summed E-state index contributed by atoms with van der Waals surface area (Å²) >= 11 is 6.64. The minimum absolute atomic E-state index is 0.155. The molecule has 2 aromatic rings. The minimum atomic E-state index is -0.579. The molecule has 2 aliphatic rings. The lowest BCUT2D eigenvalue weighted by atomic mass is 10.1. The van der Waals surface area contributed by atoms with Crippen LogP contribution in [0.2, 0.25) is 5.02 Å². The maximum Gasteiger partial charge on any atom is 0.294 e. The lowest BCUT2D eigenvalue weighted by Crippen LogP contribution is -2.36. The number of rotatable bonds is 5. The van der Waals surface area contributed by atoms with Crippen LogP contribution in [0.5, 0.6) is 0 Å². The number of aryl methyl sites for hydroxylation is 1. The Morgan fingerprint density at radius 3 is 2.69 bits per heavy atom. The molecular weight excluding hydrogens is 453 g/mol. The van der Waals surface area contributed by atoms with Crippen molar-refractivity contribution in [3.8, 4) is 0 Å². The molecule has 4 rings (SSSR count). The van der Waals surface area contributed by atoms with E-state index in [0.717, 1.165) is 48.2 Å². The van der Waals surface area contributed by atoms with Crippen molar-refractivity contribution in [1.29, 1.82) is 0 Å². The Labute approximate surface area is 194 Å². The van der Waals surface area contributed by atoms with E-state index < -0.39 is 23.6 Å². The second kappa shape index (κ2) is 9.34. The van der Waals surface area contributed by atoms with E-state index in [4.69, 9.17) is 11.6 Å². The number of hydrogen-bond acceptors (Lipinski definition) is 5. The van der Waals surface area contributed by atoms with Crippen LogP contribution in [-0.2, 0) is 9.59 Å². The molecule has 0 aliphatic carbocycles. The molecule has 2 aromatic carbocycles. The van der Waals surface area contributed by atoms with Crippen LogP contribution >= 0.6 is 23.4 Å². The van der Waals surface area contributed by atoms with Gasteiger partial charge < -0.3 is 10.2 Å². The molecule has 0 bridgehead atoms. The Morgan fingerprint density at radius 1 is 1.22 bits per heavy atom. The summed E-state index contributed by atoms with van der Waals surface area (Å²) in [7, 11) is 0. The van der Waals surface area contributed by atoms with Crippen LogP contribution in [0.15, 0.2) is 41.3 Å². The van der Waals surface area contributed by atoms with Crippen molar-refractivity contribution in [2.75, 3.05) is 29.9 Å². The number of hydrogen-bond donors (Lipinski definition) is 1. The third-order valence-corrected chi connectivity index (χ3v) is 6.50. The number of amides is 3. The van der Waals surface area contributed by atoms with Crippen molar-refractivity contribution in [2.24, 2.45) is 0 Å². The van der Waals surface area contributed by atoms with E-state index in [1.54, 1.807) is 30.3 Å². The third kappa shape index (κ3) is 4.81. The number of nitrogens with zero attached hydrogens (tertiary/aromatic N) is 2. The second-order valence-electron chi connectivity index (χ2n) is 7.68. The van der Waals surface area contributed by atoms with Gasteiger partial charge in [-0.15, -0.1) is 0 Å². The van der Waals surface area contributed by atoms with Crippen LogP contribution in [0, 0.1) is 12.7 Å². The molecule has 6 nitrogen and oxygen atoms in total. The Balaban J connectivity index is 1.48. The van der Waals surface area contributed by atoms with E-state index in [1.165, 1.54) is 12.1 Å². The minimum Gasteiger partial charge on any atom is -0.369 e.